The van der Waals surface area contributed by atoms with Crippen molar-refractivity contribution in [3.63, 3.8) is 0 Å². The SMILES string of the molecule is CCN(CC)CCCN1C(=O)C(O)=C(C(=O)c2ccc(C)o2)[C@H]1c1ccc(N(C)C)cc1. The number of carbonyl (C=O) groups excluding carboxylic acids is 2. The van der Waals surface area contributed by atoms with Crippen LogP contribution >= 0.6 is 0 Å². The summed E-state index contributed by atoms with van der Waals surface area (Å²) < 4.78 is 5.52. The van der Waals surface area contributed by atoms with Gasteiger partial charge in [-0.15, -0.1) is 0 Å². The third-order valence-electron chi connectivity index (χ3n) is 6.01. The first-order chi connectivity index (χ1) is 15.3. The van der Waals surface area contributed by atoms with Gasteiger partial charge in [-0.2, -0.15) is 0 Å². The minimum absolute atomic E-state index is 0.0739. The van der Waals surface area contributed by atoms with Crippen molar-refractivity contribution in [2.45, 2.75) is 33.2 Å². The average Bonchev–Trinajstić information content (AvgIpc) is 3.33. The lowest BCUT2D eigenvalue weighted by molar-refractivity contribution is -0.129. The highest BCUT2D eigenvalue weighted by atomic mass is 16.3. The molecule has 3 rings (SSSR count). The third-order valence-corrected chi connectivity index (χ3v) is 6.01. The maximum Gasteiger partial charge on any atom is 0.290 e. The first kappa shape index (κ1) is 23.6. The molecular formula is C25H33N3O4. The van der Waals surface area contributed by atoms with E-state index >= 15 is 0 Å². The summed E-state index contributed by atoms with van der Waals surface area (Å²) in [5.74, 6) is -0.749. The molecule has 1 atom stereocenters. The molecule has 0 bridgehead atoms. The van der Waals surface area contributed by atoms with Crippen molar-refractivity contribution in [3.05, 3.63) is 64.8 Å². The molecule has 1 aromatic heterocycles. The van der Waals surface area contributed by atoms with E-state index in [1.165, 1.54) is 0 Å². The molecule has 0 aliphatic carbocycles. The molecule has 0 spiro atoms. The molecule has 1 aliphatic heterocycles. The molecule has 7 nitrogen and oxygen atoms in total. The standard InChI is InChI=1S/C25H33N3O4/c1-6-27(7-2)15-8-16-28-22(18-10-12-19(13-11-18)26(4)5)21(24(30)25(28)31)23(29)20-14-9-17(3)32-20/h9-14,22,30H,6-8,15-16H2,1-5H3/t22-/m1/s1. The molecule has 1 N–H and O–H groups in total. The van der Waals surface area contributed by atoms with E-state index in [2.05, 4.69) is 18.7 Å². The number of Topliss-reactive ketones (excluding diaryl/α,β-unsaturated/α-hetero) is 1. The number of rotatable bonds is 10. The van der Waals surface area contributed by atoms with Crippen LogP contribution in [0.15, 0.2) is 52.1 Å². The van der Waals surface area contributed by atoms with Crippen LogP contribution in [-0.4, -0.2) is 66.9 Å². The summed E-state index contributed by atoms with van der Waals surface area (Å²) in [4.78, 5) is 32.2. The number of aryl methyl sites for hydroxylation is 1. The highest BCUT2D eigenvalue weighted by molar-refractivity contribution is 6.15. The predicted molar refractivity (Wildman–Crippen MR) is 125 cm³/mol. The summed E-state index contributed by atoms with van der Waals surface area (Å²) in [6.07, 6.45) is 0.744. The third kappa shape index (κ3) is 4.72. The number of anilines is 1. The van der Waals surface area contributed by atoms with Crippen LogP contribution in [0.5, 0.6) is 0 Å². The fraction of sp³-hybridized carbons (Fsp3) is 0.440. The highest BCUT2D eigenvalue weighted by Crippen LogP contribution is 2.39. The lowest BCUT2D eigenvalue weighted by Crippen LogP contribution is -2.34. The zero-order chi connectivity index (χ0) is 23.4. The van der Waals surface area contributed by atoms with E-state index in [1.807, 2.05) is 43.3 Å². The van der Waals surface area contributed by atoms with E-state index in [9.17, 15) is 14.7 Å². The Labute approximate surface area is 189 Å². The van der Waals surface area contributed by atoms with Crippen molar-refractivity contribution >= 4 is 17.4 Å². The molecule has 1 aliphatic rings. The molecule has 2 heterocycles. The van der Waals surface area contributed by atoms with Crippen LogP contribution in [0.4, 0.5) is 5.69 Å². The van der Waals surface area contributed by atoms with Gasteiger partial charge in [-0.3, -0.25) is 9.59 Å². The molecule has 2 aromatic rings. The summed E-state index contributed by atoms with van der Waals surface area (Å²) in [7, 11) is 3.90. The van der Waals surface area contributed by atoms with Crippen molar-refractivity contribution in [1.82, 2.24) is 9.80 Å². The van der Waals surface area contributed by atoms with Crippen LogP contribution in [0, 0.1) is 6.92 Å². The minimum Gasteiger partial charge on any atom is -0.503 e. The number of aliphatic hydroxyl groups excluding tert-OH is 1. The lowest BCUT2D eigenvalue weighted by atomic mass is 9.94. The summed E-state index contributed by atoms with van der Waals surface area (Å²) >= 11 is 0. The molecule has 172 valence electrons. The van der Waals surface area contributed by atoms with Gasteiger partial charge in [0.1, 0.15) is 5.76 Å². The molecule has 32 heavy (non-hydrogen) atoms. The fourth-order valence-electron chi connectivity index (χ4n) is 4.11. The second-order valence-corrected chi connectivity index (χ2v) is 8.27. The smallest absolute Gasteiger partial charge is 0.290 e. The van der Waals surface area contributed by atoms with Crippen molar-refractivity contribution in [3.8, 4) is 0 Å². The van der Waals surface area contributed by atoms with E-state index in [1.54, 1.807) is 24.0 Å². The van der Waals surface area contributed by atoms with Gasteiger partial charge < -0.3 is 24.2 Å². The van der Waals surface area contributed by atoms with E-state index < -0.39 is 23.5 Å². The normalized spacial score (nSPS) is 16.4. The number of aliphatic hydroxyl groups is 1. The van der Waals surface area contributed by atoms with Gasteiger partial charge in [-0.05, 0) is 62.8 Å². The highest BCUT2D eigenvalue weighted by Gasteiger charge is 2.44. The Hall–Kier alpha value is -3.06. The number of ketones is 1. The number of hydrogen-bond acceptors (Lipinski definition) is 6. The summed E-state index contributed by atoms with van der Waals surface area (Å²) in [6, 6.07) is 10.3. The topological polar surface area (TPSA) is 77.2 Å². The molecule has 1 amide bonds. The van der Waals surface area contributed by atoms with Gasteiger partial charge >= 0.3 is 0 Å². The van der Waals surface area contributed by atoms with Crippen molar-refractivity contribution in [1.29, 1.82) is 0 Å². The van der Waals surface area contributed by atoms with Crippen molar-refractivity contribution in [2.75, 3.05) is 45.2 Å². The number of benzene rings is 1. The summed E-state index contributed by atoms with van der Waals surface area (Å²) in [6.45, 7) is 9.11. The van der Waals surface area contributed by atoms with Crippen LogP contribution < -0.4 is 4.90 Å². The molecular weight excluding hydrogens is 406 g/mol. The summed E-state index contributed by atoms with van der Waals surface area (Å²) in [5, 5.41) is 10.7. The Balaban J connectivity index is 1.96. The van der Waals surface area contributed by atoms with Gasteiger partial charge in [0.15, 0.2) is 11.5 Å². The van der Waals surface area contributed by atoms with Gasteiger partial charge in [0.25, 0.3) is 5.91 Å². The largest absolute Gasteiger partial charge is 0.503 e. The van der Waals surface area contributed by atoms with Gasteiger partial charge in [0.05, 0.1) is 11.6 Å². The Bertz CT molecular complexity index is 987. The monoisotopic (exact) mass is 439 g/mol. The second-order valence-electron chi connectivity index (χ2n) is 8.27. The van der Waals surface area contributed by atoms with Crippen LogP contribution in [-0.2, 0) is 4.79 Å². The van der Waals surface area contributed by atoms with Crippen LogP contribution in [0.2, 0.25) is 0 Å². The van der Waals surface area contributed by atoms with E-state index in [0.717, 1.165) is 37.3 Å². The molecule has 0 saturated heterocycles. The molecule has 0 fully saturated rings. The molecule has 1 aromatic carbocycles. The Kier molecular flexibility index (Phi) is 7.40. The number of hydrogen-bond donors (Lipinski definition) is 1. The quantitative estimate of drug-likeness (QED) is 0.565. The van der Waals surface area contributed by atoms with Gasteiger partial charge in [-0.1, -0.05) is 26.0 Å². The Morgan fingerprint density at radius 3 is 2.28 bits per heavy atom. The van der Waals surface area contributed by atoms with Crippen LogP contribution in [0.25, 0.3) is 0 Å². The molecule has 0 saturated carbocycles. The van der Waals surface area contributed by atoms with Crippen molar-refractivity contribution in [2.24, 2.45) is 0 Å². The number of amides is 1. The maximum absolute atomic E-state index is 13.3. The number of carbonyl (C=O) groups is 2. The first-order valence-corrected chi connectivity index (χ1v) is 11.1. The van der Waals surface area contributed by atoms with E-state index in [-0.39, 0.29) is 11.3 Å². The Morgan fingerprint density at radius 1 is 1.09 bits per heavy atom. The zero-order valence-corrected chi connectivity index (χ0v) is 19.6. The minimum atomic E-state index is -0.659. The van der Waals surface area contributed by atoms with Crippen molar-refractivity contribution < 1.29 is 19.1 Å². The van der Waals surface area contributed by atoms with Crippen LogP contribution in [0.1, 0.15) is 48.2 Å². The van der Waals surface area contributed by atoms with E-state index in [0.29, 0.717) is 12.3 Å². The van der Waals surface area contributed by atoms with E-state index in [4.69, 9.17) is 4.42 Å². The average molecular weight is 440 g/mol. The van der Waals surface area contributed by atoms with Gasteiger partial charge in [-0.25, -0.2) is 0 Å². The van der Waals surface area contributed by atoms with Gasteiger partial charge in [0.2, 0.25) is 5.78 Å². The molecule has 0 unspecified atom stereocenters. The first-order valence-electron chi connectivity index (χ1n) is 11.1. The lowest BCUT2D eigenvalue weighted by Gasteiger charge is -2.28. The maximum atomic E-state index is 13.3. The Morgan fingerprint density at radius 2 is 1.75 bits per heavy atom. The van der Waals surface area contributed by atoms with Gasteiger partial charge in [0, 0.05) is 26.3 Å². The summed E-state index contributed by atoms with van der Waals surface area (Å²) in [5.41, 5.74) is 1.86. The second kappa shape index (κ2) is 10.0. The zero-order valence-electron chi connectivity index (χ0n) is 19.6. The number of furan rings is 1. The molecule has 7 heteroatoms. The predicted octanol–water partition coefficient (Wildman–Crippen LogP) is 3.96. The number of nitrogens with zero attached hydrogens (tertiary/aromatic N) is 3. The molecule has 0 radical (unpaired) electrons. The fourth-order valence-corrected chi connectivity index (χ4v) is 4.11. The van der Waals surface area contributed by atoms with Crippen LogP contribution in [0.3, 0.4) is 0 Å².